The minimum absolute atomic E-state index is 0.0681. The summed E-state index contributed by atoms with van der Waals surface area (Å²) in [4.78, 5) is 30.1. The van der Waals surface area contributed by atoms with E-state index in [9.17, 15) is 9.59 Å². The lowest BCUT2D eigenvalue weighted by atomic mass is 9.84. The number of hydrogen-bond acceptors (Lipinski definition) is 7. The number of furan rings is 1. The van der Waals surface area contributed by atoms with Crippen molar-refractivity contribution in [2.24, 2.45) is 5.73 Å². The molecule has 8 heteroatoms. The van der Waals surface area contributed by atoms with E-state index in [0.717, 1.165) is 0 Å². The van der Waals surface area contributed by atoms with Crippen LogP contribution in [0, 0.1) is 6.92 Å². The molecule has 0 saturated heterocycles. The smallest absolute Gasteiger partial charge is 0.340 e. The Labute approximate surface area is 166 Å². The fraction of sp³-hybridized carbons (Fsp3) is 0.190. The average Bonchev–Trinajstić information content (AvgIpc) is 3.23. The van der Waals surface area contributed by atoms with Crippen LogP contribution in [-0.2, 0) is 16.1 Å². The van der Waals surface area contributed by atoms with Crippen LogP contribution in [-0.4, -0.2) is 22.6 Å². The second kappa shape index (κ2) is 7.31. The van der Waals surface area contributed by atoms with E-state index < -0.39 is 11.9 Å². The minimum atomic E-state index is -0.768. The summed E-state index contributed by atoms with van der Waals surface area (Å²) in [7, 11) is 1.25. The molecule has 1 aliphatic rings. The first kappa shape index (κ1) is 18.5. The average molecular weight is 393 g/mol. The summed E-state index contributed by atoms with van der Waals surface area (Å²) in [5.41, 5.74) is 7.42. The molecule has 3 aromatic heterocycles. The molecular weight excluding hydrogens is 374 g/mol. The van der Waals surface area contributed by atoms with Crippen LogP contribution in [0.5, 0.6) is 5.75 Å². The van der Waals surface area contributed by atoms with Gasteiger partial charge in [-0.15, -0.1) is 0 Å². The van der Waals surface area contributed by atoms with Gasteiger partial charge in [0.05, 0.1) is 31.4 Å². The highest BCUT2D eigenvalue weighted by atomic mass is 16.5. The minimum Gasteiger partial charge on any atom is -0.467 e. The number of carbonyl (C=O) groups is 1. The third-order valence-corrected chi connectivity index (χ3v) is 4.89. The van der Waals surface area contributed by atoms with Crippen molar-refractivity contribution in [2.45, 2.75) is 19.4 Å². The first-order valence-electron chi connectivity index (χ1n) is 8.93. The van der Waals surface area contributed by atoms with E-state index in [1.807, 2.05) is 0 Å². The maximum Gasteiger partial charge on any atom is 0.340 e. The second-order valence-corrected chi connectivity index (χ2v) is 6.63. The maximum atomic E-state index is 13.5. The highest BCUT2D eigenvalue weighted by molar-refractivity contribution is 5.92. The maximum absolute atomic E-state index is 13.5. The van der Waals surface area contributed by atoms with Crippen molar-refractivity contribution in [2.75, 3.05) is 7.11 Å². The number of ether oxygens (including phenoxy) is 2. The Morgan fingerprint density at radius 1 is 1.34 bits per heavy atom. The van der Waals surface area contributed by atoms with Gasteiger partial charge in [0.1, 0.15) is 17.1 Å². The first-order chi connectivity index (χ1) is 14.0. The van der Waals surface area contributed by atoms with Crippen molar-refractivity contribution in [1.29, 1.82) is 0 Å². The Hall–Kier alpha value is -3.81. The zero-order chi connectivity index (χ0) is 20.5. The quantitative estimate of drug-likeness (QED) is 0.676. The molecule has 1 atom stereocenters. The number of nitrogens with zero attached hydrogens (tertiary/aromatic N) is 2. The Morgan fingerprint density at radius 3 is 2.83 bits per heavy atom. The number of rotatable bonds is 4. The Morgan fingerprint density at radius 2 is 2.17 bits per heavy atom. The monoisotopic (exact) mass is 393 g/mol. The Balaban J connectivity index is 1.95. The van der Waals surface area contributed by atoms with Crippen molar-refractivity contribution < 1.29 is 18.7 Å². The molecule has 4 heterocycles. The number of esters is 1. The number of methoxy groups -OCH3 is 1. The van der Waals surface area contributed by atoms with Crippen molar-refractivity contribution >= 4 is 5.97 Å². The van der Waals surface area contributed by atoms with E-state index in [1.54, 1.807) is 60.5 Å². The van der Waals surface area contributed by atoms with Gasteiger partial charge in [0, 0.05) is 24.2 Å². The third-order valence-electron chi connectivity index (χ3n) is 4.89. The molecule has 0 amide bonds. The normalized spacial score (nSPS) is 15.6. The molecule has 0 aromatic carbocycles. The van der Waals surface area contributed by atoms with Gasteiger partial charge in [-0.25, -0.2) is 4.79 Å². The van der Waals surface area contributed by atoms with Gasteiger partial charge in [0.2, 0.25) is 5.88 Å². The summed E-state index contributed by atoms with van der Waals surface area (Å²) >= 11 is 0. The van der Waals surface area contributed by atoms with E-state index >= 15 is 0 Å². The predicted molar refractivity (Wildman–Crippen MR) is 103 cm³/mol. The highest BCUT2D eigenvalue weighted by Gasteiger charge is 2.38. The van der Waals surface area contributed by atoms with Crippen LogP contribution < -0.4 is 16.0 Å². The van der Waals surface area contributed by atoms with E-state index in [1.165, 1.54) is 7.11 Å². The molecule has 3 aromatic rings. The van der Waals surface area contributed by atoms with Crippen molar-refractivity contribution in [3.63, 3.8) is 0 Å². The van der Waals surface area contributed by atoms with Gasteiger partial charge in [-0.1, -0.05) is 6.07 Å². The molecule has 1 aliphatic heterocycles. The second-order valence-electron chi connectivity index (χ2n) is 6.63. The van der Waals surface area contributed by atoms with Gasteiger partial charge >= 0.3 is 5.97 Å². The van der Waals surface area contributed by atoms with Crippen LogP contribution in [0.15, 0.2) is 69.7 Å². The van der Waals surface area contributed by atoms with Gasteiger partial charge in [0.25, 0.3) is 5.56 Å². The predicted octanol–water partition coefficient (Wildman–Crippen LogP) is 2.06. The highest BCUT2D eigenvalue weighted by Crippen LogP contribution is 2.41. The Bertz CT molecular complexity index is 1150. The van der Waals surface area contributed by atoms with Gasteiger partial charge in [-0.3, -0.25) is 9.78 Å². The summed E-state index contributed by atoms with van der Waals surface area (Å²) in [6.07, 6.45) is 4.75. The lowest BCUT2D eigenvalue weighted by Gasteiger charge is -2.28. The number of fused-ring (bicyclic) bond motifs is 1. The topological polar surface area (TPSA) is 110 Å². The van der Waals surface area contributed by atoms with E-state index in [0.29, 0.717) is 28.3 Å². The summed E-state index contributed by atoms with van der Waals surface area (Å²) < 4.78 is 17.5. The first-order valence-corrected chi connectivity index (χ1v) is 8.93. The number of aromatic nitrogens is 2. The molecule has 4 rings (SSSR count). The van der Waals surface area contributed by atoms with Crippen LogP contribution in [0.1, 0.15) is 28.5 Å². The van der Waals surface area contributed by atoms with Crippen molar-refractivity contribution in [3.8, 4) is 5.75 Å². The number of pyridine rings is 2. The summed E-state index contributed by atoms with van der Waals surface area (Å²) in [6.45, 7) is 2.04. The van der Waals surface area contributed by atoms with E-state index in [2.05, 4.69) is 4.98 Å². The lowest BCUT2D eigenvalue weighted by molar-refractivity contribution is -0.136. The number of carbonyl (C=O) groups excluding carboxylic acids is 1. The molecule has 0 fully saturated rings. The van der Waals surface area contributed by atoms with Gasteiger partial charge in [0.15, 0.2) is 0 Å². The number of aryl methyl sites for hydroxylation is 1. The Kier molecular flexibility index (Phi) is 4.67. The van der Waals surface area contributed by atoms with Gasteiger partial charge in [-0.05, 0) is 30.7 Å². The zero-order valence-corrected chi connectivity index (χ0v) is 15.9. The van der Waals surface area contributed by atoms with Crippen LogP contribution in [0.2, 0.25) is 0 Å². The summed E-state index contributed by atoms with van der Waals surface area (Å²) in [5.74, 6) is -0.591. The molecule has 2 N–H and O–H groups in total. The SMILES string of the molecule is COC(=O)C1=C(N)Oc2cc(C)n(Cc3ccco3)c(=O)c2C1c1cccnc1. The lowest BCUT2D eigenvalue weighted by Crippen LogP contribution is -2.35. The van der Waals surface area contributed by atoms with Crippen LogP contribution in [0.25, 0.3) is 0 Å². The van der Waals surface area contributed by atoms with Crippen molar-refractivity contribution in [1.82, 2.24) is 9.55 Å². The van der Waals surface area contributed by atoms with Crippen LogP contribution in [0.4, 0.5) is 0 Å². The van der Waals surface area contributed by atoms with E-state index in [-0.39, 0.29) is 23.6 Å². The van der Waals surface area contributed by atoms with E-state index in [4.69, 9.17) is 19.6 Å². The summed E-state index contributed by atoms with van der Waals surface area (Å²) in [6, 6.07) is 8.78. The molecule has 0 bridgehead atoms. The molecule has 0 aliphatic carbocycles. The summed E-state index contributed by atoms with van der Waals surface area (Å²) in [5, 5.41) is 0. The fourth-order valence-corrected chi connectivity index (χ4v) is 3.53. The molecule has 148 valence electrons. The third kappa shape index (κ3) is 3.18. The fourth-order valence-electron chi connectivity index (χ4n) is 3.53. The van der Waals surface area contributed by atoms with Gasteiger partial charge in [-0.2, -0.15) is 0 Å². The number of hydrogen-bond donors (Lipinski definition) is 1. The molecule has 0 saturated carbocycles. The zero-order valence-electron chi connectivity index (χ0n) is 15.9. The molecule has 0 spiro atoms. The standard InChI is InChI=1S/C21H19N3O5/c1-12-9-15-17(20(25)24(12)11-14-6-4-8-28-14)16(13-5-3-7-23-10-13)18(19(22)29-15)21(26)27-2/h3-10,16H,11,22H2,1-2H3. The molecule has 0 radical (unpaired) electrons. The van der Waals surface area contributed by atoms with Gasteiger partial charge < -0.3 is 24.2 Å². The number of nitrogens with two attached hydrogens (primary N) is 1. The molecule has 1 unspecified atom stereocenters. The van der Waals surface area contributed by atoms with Crippen LogP contribution >= 0.6 is 0 Å². The van der Waals surface area contributed by atoms with Crippen LogP contribution in [0.3, 0.4) is 0 Å². The molecule has 29 heavy (non-hydrogen) atoms. The molecule has 8 nitrogen and oxygen atoms in total. The van der Waals surface area contributed by atoms with Crippen molar-refractivity contribution in [3.05, 3.63) is 93.4 Å². The molecular formula is C21H19N3O5. The largest absolute Gasteiger partial charge is 0.467 e.